The van der Waals surface area contributed by atoms with E-state index in [0.717, 1.165) is 4.47 Å². The van der Waals surface area contributed by atoms with Crippen LogP contribution in [0.25, 0.3) is 11.0 Å². The minimum atomic E-state index is -0.129. The van der Waals surface area contributed by atoms with E-state index in [9.17, 15) is 9.90 Å². The fourth-order valence-electron chi connectivity index (χ4n) is 2.62. The Kier molecular flexibility index (Phi) is 4.24. The molecule has 0 unspecified atom stereocenters. The largest absolute Gasteiger partial charge is 0.508 e. The molecule has 1 aromatic heterocycles. The first-order chi connectivity index (χ1) is 11.0. The molecule has 23 heavy (non-hydrogen) atoms. The van der Waals surface area contributed by atoms with E-state index in [4.69, 9.17) is 4.42 Å². The molecule has 3 aromatic rings. The van der Waals surface area contributed by atoms with Crippen LogP contribution in [0.4, 0.5) is 0 Å². The first-order valence-electron chi connectivity index (χ1n) is 7.14. The number of halogens is 1. The standard InChI is InChI=1S/C18H16BrNO3/c1-20(2)9-13-15(21)6-7-16-17(13)14(10-23-16)18(22)11-4-3-5-12(19)8-11/h3-8,10,21H,9H2,1-2H3. The maximum absolute atomic E-state index is 12.8. The molecule has 0 aliphatic carbocycles. The van der Waals surface area contributed by atoms with Crippen molar-refractivity contribution in [2.24, 2.45) is 0 Å². The van der Waals surface area contributed by atoms with Gasteiger partial charge in [0.25, 0.3) is 0 Å². The Morgan fingerprint density at radius 3 is 2.74 bits per heavy atom. The van der Waals surface area contributed by atoms with Crippen LogP contribution < -0.4 is 0 Å². The monoisotopic (exact) mass is 373 g/mol. The average Bonchev–Trinajstić information content (AvgIpc) is 2.93. The third kappa shape index (κ3) is 3.02. The summed E-state index contributed by atoms with van der Waals surface area (Å²) in [6.07, 6.45) is 1.46. The van der Waals surface area contributed by atoms with Crippen LogP contribution in [0.15, 0.2) is 51.6 Å². The third-order valence-corrected chi connectivity index (χ3v) is 4.12. The van der Waals surface area contributed by atoms with E-state index in [1.54, 1.807) is 24.3 Å². The third-order valence-electron chi connectivity index (χ3n) is 3.63. The molecule has 2 aromatic carbocycles. The predicted octanol–water partition coefficient (Wildman–Crippen LogP) is 4.19. The fourth-order valence-corrected chi connectivity index (χ4v) is 3.02. The van der Waals surface area contributed by atoms with Gasteiger partial charge >= 0.3 is 0 Å². The van der Waals surface area contributed by atoms with Gasteiger partial charge in [-0.05, 0) is 38.4 Å². The summed E-state index contributed by atoms with van der Waals surface area (Å²) in [7, 11) is 3.82. The number of phenols is 1. The van der Waals surface area contributed by atoms with E-state index < -0.39 is 0 Å². The summed E-state index contributed by atoms with van der Waals surface area (Å²) in [5.74, 6) is 0.0338. The lowest BCUT2D eigenvalue weighted by molar-refractivity contribution is 0.103. The molecule has 0 saturated carbocycles. The second kappa shape index (κ2) is 6.18. The molecule has 0 spiro atoms. The van der Waals surface area contributed by atoms with Gasteiger partial charge in [0.05, 0.1) is 5.56 Å². The van der Waals surface area contributed by atoms with Crippen molar-refractivity contribution in [2.75, 3.05) is 14.1 Å². The number of furan rings is 1. The number of benzene rings is 2. The Hall–Kier alpha value is -2.11. The molecule has 5 heteroatoms. The lowest BCUT2D eigenvalue weighted by atomic mass is 9.98. The normalized spacial score (nSPS) is 11.3. The highest BCUT2D eigenvalue weighted by Gasteiger charge is 2.20. The van der Waals surface area contributed by atoms with Crippen molar-refractivity contribution in [3.63, 3.8) is 0 Å². The summed E-state index contributed by atoms with van der Waals surface area (Å²) < 4.78 is 6.38. The summed E-state index contributed by atoms with van der Waals surface area (Å²) in [5.41, 5.74) is 2.32. The molecule has 0 amide bonds. The van der Waals surface area contributed by atoms with Gasteiger partial charge in [-0.2, -0.15) is 0 Å². The molecule has 1 N–H and O–H groups in total. The Labute approximate surface area is 142 Å². The van der Waals surface area contributed by atoms with Crippen molar-refractivity contribution in [3.8, 4) is 5.75 Å². The van der Waals surface area contributed by atoms with Gasteiger partial charge in [-0.1, -0.05) is 28.1 Å². The van der Waals surface area contributed by atoms with Gasteiger partial charge < -0.3 is 14.4 Å². The second-order valence-electron chi connectivity index (χ2n) is 5.66. The molecule has 0 bridgehead atoms. The molecule has 0 atom stereocenters. The molecular weight excluding hydrogens is 358 g/mol. The van der Waals surface area contributed by atoms with Crippen LogP contribution >= 0.6 is 15.9 Å². The van der Waals surface area contributed by atoms with E-state index >= 15 is 0 Å². The van der Waals surface area contributed by atoms with Crippen LogP contribution in [0.5, 0.6) is 5.75 Å². The molecule has 0 radical (unpaired) electrons. The lowest BCUT2D eigenvalue weighted by Crippen LogP contribution is -2.12. The van der Waals surface area contributed by atoms with Crippen LogP contribution in [-0.4, -0.2) is 29.9 Å². The molecule has 0 fully saturated rings. The molecule has 118 valence electrons. The number of carbonyl (C=O) groups is 1. The SMILES string of the molecule is CN(C)Cc1c(O)ccc2occ(C(=O)c3cccc(Br)c3)c12. The number of rotatable bonds is 4. The molecule has 0 saturated heterocycles. The Balaban J connectivity index is 2.18. The van der Waals surface area contributed by atoms with Crippen molar-refractivity contribution < 1.29 is 14.3 Å². The lowest BCUT2D eigenvalue weighted by Gasteiger charge is -2.13. The van der Waals surface area contributed by atoms with Crippen molar-refractivity contribution >= 4 is 32.7 Å². The zero-order valence-electron chi connectivity index (χ0n) is 12.8. The summed E-state index contributed by atoms with van der Waals surface area (Å²) >= 11 is 3.38. The molecular formula is C18H16BrNO3. The maximum Gasteiger partial charge on any atom is 0.196 e. The molecule has 4 nitrogen and oxygen atoms in total. The summed E-state index contributed by atoms with van der Waals surface area (Å²) in [4.78, 5) is 14.8. The van der Waals surface area contributed by atoms with Gasteiger partial charge in [-0.3, -0.25) is 4.79 Å². The molecule has 3 rings (SSSR count). The Morgan fingerprint density at radius 2 is 2.04 bits per heavy atom. The van der Waals surface area contributed by atoms with E-state index in [0.29, 0.717) is 34.2 Å². The van der Waals surface area contributed by atoms with Gasteiger partial charge in [-0.15, -0.1) is 0 Å². The predicted molar refractivity (Wildman–Crippen MR) is 92.8 cm³/mol. The zero-order chi connectivity index (χ0) is 16.6. The summed E-state index contributed by atoms with van der Waals surface area (Å²) in [6.45, 7) is 0.515. The van der Waals surface area contributed by atoms with Gasteiger partial charge in [0.15, 0.2) is 5.78 Å². The highest BCUT2D eigenvalue weighted by Crippen LogP contribution is 2.33. The summed E-state index contributed by atoms with van der Waals surface area (Å²) in [5, 5.41) is 10.9. The number of hydrogen-bond donors (Lipinski definition) is 1. The van der Waals surface area contributed by atoms with Crippen molar-refractivity contribution in [1.82, 2.24) is 4.90 Å². The molecule has 0 aliphatic heterocycles. The van der Waals surface area contributed by atoms with Gasteiger partial charge in [0.1, 0.15) is 17.6 Å². The highest BCUT2D eigenvalue weighted by atomic mass is 79.9. The number of nitrogens with zero attached hydrogens (tertiary/aromatic N) is 1. The average molecular weight is 374 g/mol. The number of hydrogen-bond acceptors (Lipinski definition) is 4. The maximum atomic E-state index is 12.8. The van der Waals surface area contributed by atoms with Gasteiger partial charge in [0.2, 0.25) is 0 Å². The minimum Gasteiger partial charge on any atom is -0.508 e. The van der Waals surface area contributed by atoms with Gasteiger partial charge in [-0.25, -0.2) is 0 Å². The zero-order valence-corrected chi connectivity index (χ0v) is 14.4. The topological polar surface area (TPSA) is 53.7 Å². The van der Waals surface area contributed by atoms with Crippen molar-refractivity contribution in [3.05, 3.63) is 63.8 Å². The number of fused-ring (bicyclic) bond motifs is 1. The number of carbonyl (C=O) groups excluding carboxylic acids is 1. The smallest absolute Gasteiger partial charge is 0.196 e. The first kappa shape index (κ1) is 15.8. The van der Waals surface area contributed by atoms with E-state index in [2.05, 4.69) is 15.9 Å². The van der Waals surface area contributed by atoms with Crippen LogP contribution in [-0.2, 0) is 6.54 Å². The summed E-state index contributed by atoms with van der Waals surface area (Å²) in [6, 6.07) is 10.5. The van der Waals surface area contributed by atoms with Crippen molar-refractivity contribution in [1.29, 1.82) is 0 Å². The van der Waals surface area contributed by atoms with Crippen LogP contribution in [0, 0.1) is 0 Å². The first-order valence-corrected chi connectivity index (χ1v) is 7.93. The van der Waals surface area contributed by atoms with E-state index in [1.807, 2.05) is 31.1 Å². The second-order valence-corrected chi connectivity index (χ2v) is 6.58. The van der Waals surface area contributed by atoms with E-state index in [-0.39, 0.29) is 11.5 Å². The highest BCUT2D eigenvalue weighted by molar-refractivity contribution is 9.10. The number of aromatic hydroxyl groups is 1. The van der Waals surface area contributed by atoms with Crippen LogP contribution in [0.1, 0.15) is 21.5 Å². The van der Waals surface area contributed by atoms with Crippen LogP contribution in [0.3, 0.4) is 0 Å². The molecule has 0 aliphatic rings. The number of phenolic OH excluding ortho intramolecular Hbond substituents is 1. The van der Waals surface area contributed by atoms with Crippen molar-refractivity contribution in [2.45, 2.75) is 6.54 Å². The van der Waals surface area contributed by atoms with Gasteiger partial charge in [0, 0.05) is 27.5 Å². The molecule has 1 heterocycles. The fraction of sp³-hybridized carbons (Fsp3) is 0.167. The van der Waals surface area contributed by atoms with E-state index in [1.165, 1.54) is 6.26 Å². The Bertz CT molecular complexity index is 883. The number of ketones is 1. The van der Waals surface area contributed by atoms with Crippen LogP contribution in [0.2, 0.25) is 0 Å². The Morgan fingerprint density at radius 1 is 1.26 bits per heavy atom. The quantitative estimate of drug-likeness (QED) is 0.696. The minimum absolute atomic E-state index is 0.129.